The molecule has 4 amide bonds. The van der Waals surface area contributed by atoms with Crippen molar-refractivity contribution in [2.75, 3.05) is 24.2 Å². The molecule has 7 heteroatoms. The molecule has 1 rings (SSSR count). The zero-order valence-corrected chi connectivity index (χ0v) is 13.9. The Hall–Kier alpha value is -2.57. The molecule has 0 aliphatic rings. The smallest absolute Gasteiger partial charge is 0.318 e. The number of urea groups is 1. The average molecular weight is 320 g/mol. The number of anilines is 2. The van der Waals surface area contributed by atoms with Crippen LogP contribution in [0.1, 0.15) is 27.2 Å². The van der Waals surface area contributed by atoms with Crippen LogP contribution in [0.2, 0.25) is 0 Å². The largest absolute Gasteiger partial charge is 0.355 e. The van der Waals surface area contributed by atoms with E-state index in [1.165, 1.54) is 7.05 Å². The number of rotatable bonds is 5. The maximum atomic E-state index is 11.9. The highest BCUT2D eigenvalue weighted by atomic mass is 16.2. The van der Waals surface area contributed by atoms with Gasteiger partial charge in [-0.05, 0) is 18.2 Å². The minimum atomic E-state index is -0.476. The van der Waals surface area contributed by atoms with Gasteiger partial charge in [0.25, 0.3) is 0 Å². The quantitative estimate of drug-likeness (QED) is 0.667. The number of nitrogens with one attached hydrogen (secondary N) is 4. The van der Waals surface area contributed by atoms with Gasteiger partial charge in [-0.25, -0.2) is 4.79 Å². The molecule has 0 radical (unpaired) electrons. The van der Waals surface area contributed by atoms with Crippen LogP contribution in [0.25, 0.3) is 0 Å². The summed E-state index contributed by atoms with van der Waals surface area (Å²) in [6.07, 6.45) is 0.176. The highest BCUT2D eigenvalue weighted by Crippen LogP contribution is 2.15. The van der Waals surface area contributed by atoms with Crippen molar-refractivity contribution in [3.05, 3.63) is 24.3 Å². The first-order chi connectivity index (χ1) is 10.7. The lowest BCUT2D eigenvalue weighted by Crippen LogP contribution is -2.36. The molecule has 23 heavy (non-hydrogen) atoms. The molecular weight excluding hydrogens is 296 g/mol. The van der Waals surface area contributed by atoms with Crippen LogP contribution >= 0.6 is 0 Å². The van der Waals surface area contributed by atoms with Crippen molar-refractivity contribution in [3.8, 4) is 0 Å². The molecule has 0 aliphatic carbocycles. The lowest BCUT2D eigenvalue weighted by Gasteiger charge is -2.17. The molecule has 0 saturated carbocycles. The van der Waals surface area contributed by atoms with Gasteiger partial charge in [0, 0.05) is 36.8 Å². The second-order valence-electron chi connectivity index (χ2n) is 6.09. The standard InChI is InChI=1S/C16H24N4O3/c1-16(2,3)14(22)18-9-8-13(21)19-11-6-5-7-12(10-11)20-15(23)17-4/h5-7,10H,8-9H2,1-4H3,(H,18,22)(H,19,21)(H2,17,20,23). The summed E-state index contributed by atoms with van der Waals surface area (Å²) in [4.78, 5) is 34.8. The van der Waals surface area contributed by atoms with Crippen LogP contribution in [-0.4, -0.2) is 31.4 Å². The average Bonchev–Trinajstić information content (AvgIpc) is 2.46. The predicted octanol–water partition coefficient (Wildman–Crippen LogP) is 1.93. The van der Waals surface area contributed by atoms with Crippen molar-refractivity contribution >= 4 is 29.2 Å². The predicted molar refractivity (Wildman–Crippen MR) is 90.2 cm³/mol. The number of hydrogen-bond acceptors (Lipinski definition) is 3. The van der Waals surface area contributed by atoms with Gasteiger partial charge >= 0.3 is 6.03 Å². The molecule has 0 bridgehead atoms. The van der Waals surface area contributed by atoms with E-state index >= 15 is 0 Å². The van der Waals surface area contributed by atoms with E-state index in [9.17, 15) is 14.4 Å². The minimum Gasteiger partial charge on any atom is -0.355 e. The zero-order valence-electron chi connectivity index (χ0n) is 13.9. The van der Waals surface area contributed by atoms with Crippen LogP contribution in [0.15, 0.2) is 24.3 Å². The minimum absolute atomic E-state index is 0.0953. The maximum absolute atomic E-state index is 11.9. The molecule has 0 heterocycles. The van der Waals surface area contributed by atoms with Crippen molar-refractivity contribution < 1.29 is 14.4 Å². The van der Waals surface area contributed by atoms with Gasteiger partial charge in [0.2, 0.25) is 11.8 Å². The molecule has 1 aromatic rings. The van der Waals surface area contributed by atoms with Gasteiger partial charge < -0.3 is 21.3 Å². The molecule has 1 aromatic carbocycles. The fourth-order valence-corrected chi connectivity index (χ4v) is 1.65. The van der Waals surface area contributed by atoms with Gasteiger partial charge in [0.1, 0.15) is 0 Å². The number of benzene rings is 1. The number of amides is 4. The summed E-state index contributed by atoms with van der Waals surface area (Å²) < 4.78 is 0. The lowest BCUT2D eigenvalue weighted by molar-refractivity contribution is -0.128. The Labute approximate surface area is 136 Å². The van der Waals surface area contributed by atoms with E-state index in [1.807, 2.05) is 20.8 Å². The molecule has 0 fully saturated rings. The first-order valence-electron chi connectivity index (χ1n) is 7.39. The first kappa shape index (κ1) is 18.5. The van der Waals surface area contributed by atoms with E-state index in [-0.39, 0.29) is 30.8 Å². The Morgan fingerprint density at radius 2 is 1.65 bits per heavy atom. The normalized spacial score (nSPS) is 10.6. The summed E-state index contributed by atoms with van der Waals surface area (Å²) in [5.74, 6) is -0.307. The van der Waals surface area contributed by atoms with Crippen molar-refractivity contribution in [2.24, 2.45) is 5.41 Å². The maximum Gasteiger partial charge on any atom is 0.318 e. The van der Waals surface area contributed by atoms with Crippen LogP contribution < -0.4 is 21.3 Å². The van der Waals surface area contributed by atoms with Gasteiger partial charge in [-0.3, -0.25) is 9.59 Å². The Morgan fingerprint density at radius 3 is 2.22 bits per heavy atom. The highest BCUT2D eigenvalue weighted by Gasteiger charge is 2.20. The summed E-state index contributed by atoms with van der Waals surface area (Å²) >= 11 is 0. The molecule has 0 aliphatic heterocycles. The zero-order chi connectivity index (χ0) is 17.5. The molecule has 7 nitrogen and oxygen atoms in total. The van der Waals surface area contributed by atoms with Crippen LogP contribution in [-0.2, 0) is 9.59 Å². The molecule has 0 saturated heterocycles. The molecule has 126 valence electrons. The summed E-state index contributed by atoms with van der Waals surface area (Å²) in [6, 6.07) is 6.48. The highest BCUT2D eigenvalue weighted by molar-refractivity contribution is 5.93. The first-order valence-corrected chi connectivity index (χ1v) is 7.39. The summed E-state index contributed by atoms with van der Waals surface area (Å²) in [6.45, 7) is 5.71. The number of carbonyl (C=O) groups is 3. The van der Waals surface area contributed by atoms with Gasteiger partial charge in [0.15, 0.2) is 0 Å². The monoisotopic (exact) mass is 320 g/mol. The van der Waals surface area contributed by atoms with Gasteiger partial charge in [-0.2, -0.15) is 0 Å². The van der Waals surface area contributed by atoms with E-state index < -0.39 is 5.41 Å². The van der Waals surface area contributed by atoms with Gasteiger partial charge in [-0.1, -0.05) is 26.8 Å². The summed E-state index contributed by atoms with van der Waals surface area (Å²) in [7, 11) is 1.52. The van der Waals surface area contributed by atoms with Gasteiger partial charge in [-0.15, -0.1) is 0 Å². The van der Waals surface area contributed by atoms with Crippen LogP contribution in [0.4, 0.5) is 16.2 Å². The third-order valence-corrected chi connectivity index (χ3v) is 2.95. The Balaban J connectivity index is 2.47. The fourth-order valence-electron chi connectivity index (χ4n) is 1.65. The molecule has 4 N–H and O–H groups in total. The van der Waals surface area contributed by atoms with Gasteiger partial charge in [0.05, 0.1) is 0 Å². The van der Waals surface area contributed by atoms with Crippen molar-refractivity contribution in [1.82, 2.24) is 10.6 Å². The van der Waals surface area contributed by atoms with E-state index in [4.69, 9.17) is 0 Å². The van der Waals surface area contributed by atoms with E-state index in [2.05, 4.69) is 21.3 Å². The lowest BCUT2D eigenvalue weighted by atomic mass is 9.96. The molecule has 0 atom stereocenters. The summed E-state index contributed by atoms with van der Waals surface area (Å²) in [5.41, 5.74) is 0.672. The van der Waals surface area contributed by atoms with Crippen LogP contribution in [0.5, 0.6) is 0 Å². The van der Waals surface area contributed by atoms with E-state index in [1.54, 1.807) is 24.3 Å². The molecule has 0 spiro atoms. The fraction of sp³-hybridized carbons (Fsp3) is 0.438. The van der Waals surface area contributed by atoms with Crippen molar-refractivity contribution in [3.63, 3.8) is 0 Å². The van der Waals surface area contributed by atoms with E-state index in [0.717, 1.165) is 0 Å². The summed E-state index contributed by atoms with van der Waals surface area (Å²) in [5, 5.41) is 10.5. The van der Waals surface area contributed by atoms with Crippen LogP contribution in [0.3, 0.4) is 0 Å². The van der Waals surface area contributed by atoms with Crippen LogP contribution in [0, 0.1) is 5.41 Å². The number of carbonyl (C=O) groups excluding carboxylic acids is 3. The second kappa shape index (κ2) is 8.17. The van der Waals surface area contributed by atoms with Crippen molar-refractivity contribution in [1.29, 1.82) is 0 Å². The molecular formula is C16H24N4O3. The van der Waals surface area contributed by atoms with Crippen molar-refractivity contribution in [2.45, 2.75) is 27.2 Å². The molecule has 0 unspecified atom stereocenters. The van der Waals surface area contributed by atoms with E-state index in [0.29, 0.717) is 11.4 Å². The second-order valence-corrected chi connectivity index (χ2v) is 6.09. The Morgan fingerprint density at radius 1 is 1.04 bits per heavy atom. The third-order valence-electron chi connectivity index (χ3n) is 2.95. The number of hydrogen-bond donors (Lipinski definition) is 4. The topological polar surface area (TPSA) is 99.3 Å². The Kier molecular flexibility index (Phi) is 6.56. The third kappa shape index (κ3) is 6.82. The SMILES string of the molecule is CNC(=O)Nc1cccc(NC(=O)CCNC(=O)C(C)(C)C)c1. The Bertz CT molecular complexity index is 579. The molecule has 0 aromatic heterocycles.